The van der Waals surface area contributed by atoms with Gasteiger partial charge in [-0.25, -0.2) is 4.39 Å². The van der Waals surface area contributed by atoms with Gasteiger partial charge in [0.05, 0.1) is 0 Å². The number of carbonyl (C=O) groups is 2. The predicted molar refractivity (Wildman–Crippen MR) is 109 cm³/mol. The molecule has 1 aromatic heterocycles. The second-order valence-corrected chi connectivity index (χ2v) is 7.10. The van der Waals surface area contributed by atoms with Crippen LogP contribution in [0.15, 0.2) is 59.0 Å². The van der Waals surface area contributed by atoms with Gasteiger partial charge in [0.15, 0.2) is 0 Å². The number of anilines is 1. The zero-order valence-corrected chi connectivity index (χ0v) is 16.5. The van der Waals surface area contributed by atoms with E-state index in [9.17, 15) is 14.0 Å². The third-order valence-corrected chi connectivity index (χ3v) is 4.97. The Bertz CT molecular complexity index is 1060. The first kappa shape index (κ1) is 19.8. The van der Waals surface area contributed by atoms with E-state index in [-0.39, 0.29) is 24.2 Å². The third-order valence-electron chi connectivity index (χ3n) is 4.97. The summed E-state index contributed by atoms with van der Waals surface area (Å²) in [5, 5.41) is 2.75. The summed E-state index contributed by atoms with van der Waals surface area (Å²) in [5.74, 6) is 0.872. The number of halogens is 1. The van der Waals surface area contributed by atoms with E-state index in [2.05, 4.69) is 5.32 Å². The van der Waals surface area contributed by atoms with Gasteiger partial charge < -0.3 is 19.4 Å². The van der Waals surface area contributed by atoms with Crippen molar-refractivity contribution < 1.29 is 23.1 Å². The molecule has 30 heavy (non-hydrogen) atoms. The first-order valence-corrected chi connectivity index (χ1v) is 9.59. The van der Waals surface area contributed by atoms with Gasteiger partial charge in [-0.05, 0) is 54.6 Å². The van der Waals surface area contributed by atoms with Crippen LogP contribution >= 0.6 is 0 Å². The maximum atomic E-state index is 13.1. The molecule has 2 aromatic carbocycles. The van der Waals surface area contributed by atoms with Crippen molar-refractivity contribution in [3.05, 3.63) is 77.3 Å². The summed E-state index contributed by atoms with van der Waals surface area (Å²) in [6, 6.07) is 14.9. The van der Waals surface area contributed by atoms with Crippen molar-refractivity contribution in [2.45, 2.75) is 13.0 Å². The zero-order valence-electron chi connectivity index (χ0n) is 16.5. The largest absolute Gasteiger partial charge is 0.461 e. The van der Waals surface area contributed by atoms with Crippen LogP contribution in [-0.4, -0.2) is 37.0 Å². The van der Waals surface area contributed by atoms with Crippen molar-refractivity contribution in [2.24, 2.45) is 0 Å². The molecule has 0 aliphatic carbocycles. The molecule has 0 atom stereocenters. The Hall–Kier alpha value is -3.45. The molecular formula is C23H21FN2O4. The van der Waals surface area contributed by atoms with Crippen molar-refractivity contribution in [2.75, 3.05) is 25.6 Å². The van der Waals surface area contributed by atoms with Crippen LogP contribution in [0.4, 0.5) is 10.1 Å². The van der Waals surface area contributed by atoms with Crippen LogP contribution in [0, 0.1) is 5.82 Å². The van der Waals surface area contributed by atoms with E-state index in [1.807, 2.05) is 18.2 Å². The summed E-state index contributed by atoms with van der Waals surface area (Å²) < 4.78 is 23.9. The molecule has 1 N–H and O–H groups in total. The highest BCUT2D eigenvalue weighted by molar-refractivity contribution is 5.94. The highest BCUT2D eigenvalue weighted by Crippen LogP contribution is 2.30. The van der Waals surface area contributed by atoms with Gasteiger partial charge >= 0.3 is 0 Å². The van der Waals surface area contributed by atoms with Crippen molar-refractivity contribution in [3.8, 4) is 11.3 Å². The summed E-state index contributed by atoms with van der Waals surface area (Å²) in [4.78, 5) is 26.0. The lowest BCUT2D eigenvalue weighted by molar-refractivity contribution is -0.119. The number of ether oxygens (including phenoxy) is 1. The SMILES string of the molecule is COCC(=O)Nc1ccc(-c2cc3c(o2)CCN(C(=O)c2ccc(F)cc2)C3)cc1. The topological polar surface area (TPSA) is 71.8 Å². The average Bonchev–Trinajstić information content (AvgIpc) is 3.18. The van der Waals surface area contributed by atoms with Crippen LogP contribution in [-0.2, 0) is 22.5 Å². The van der Waals surface area contributed by atoms with E-state index in [4.69, 9.17) is 9.15 Å². The molecule has 7 heteroatoms. The van der Waals surface area contributed by atoms with Gasteiger partial charge in [-0.2, -0.15) is 0 Å². The molecule has 0 unspecified atom stereocenters. The number of fused-ring (bicyclic) bond motifs is 1. The third kappa shape index (κ3) is 4.26. The van der Waals surface area contributed by atoms with E-state index in [1.54, 1.807) is 17.0 Å². The number of nitrogens with one attached hydrogen (secondary N) is 1. The molecule has 0 saturated heterocycles. The van der Waals surface area contributed by atoms with Gasteiger partial charge in [-0.3, -0.25) is 9.59 Å². The Morgan fingerprint density at radius 3 is 2.57 bits per heavy atom. The Morgan fingerprint density at radius 2 is 1.87 bits per heavy atom. The molecule has 0 spiro atoms. The maximum Gasteiger partial charge on any atom is 0.254 e. The van der Waals surface area contributed by atoms with Crippen molar-refractivity contribution >= 4 is 17.5 Å². The number of hydrogen-bond acceptors (Lipinski definition) is 4. The Labute approximate surface area is 173 Å². The molecule has 1 aliphatic heterocycles. The number of hydrogen-bond donors (Lipinski definition) is 1. The maximum absolute atomic E-state index is 13.1. The summed E-state index contributed by atoms with van der Waals surface area (Å²) in [6.07, 6.45) is 0.618. The summed E-state index contributed by atoms with van der Waals surface area (Å²) >= 11 is 0. The number of carbonyl (C=O) groups excluding carboxylic acids is 2. The van der Waals surface area contributed by atoms with E-state index in [0.717, 1.165) is 16.9 Å². The average molecular weight is 408 g/mol. The summed E-state index contributed by atoms with van der Waals surface area (Å²) in [6.45, 7) is 0.987. The van der Waals surface area contributed by atoms with Crippen molar-refractivity contribution in [1.29, 1.82) is 0 Å². The summed E-state index contributed by atoms with van der Waals surface area (Å²) in [7, 11) is 1.47. The van der Waals surface area contributed by atoms with Crippen LogP contribution in [0.3, 0.4) is 0 Å². The number of rotatable bonds is 5. The number of benzene rings is 2. The molecular weight excluding hydrogens is 387 g/mol. The minimum Gasteiger partial charge on any atom is -0.461 e. The summed E-state index contributed by atoms with van der Waals surface area (Å²) in [5.41, 5.74) is 2.98. The second kappa shape index (κ2) is 8.51. The minimum atomic E-state index is -0.365. The van der Waals surface area contributed by atoms with Gasteiger partial charge in [0.1, 0.15) is 23.9 Å². The Balaban J connectivity index is 1.46. The molecule has 1 aliphatic rings. The van der Waals surface area contributed by atoms with Gasteiger partial charge in [0.2, 0.25) is 5.91 Å². The predicted octanol–water partition coefficient (Wildman–Crippen LogP) is 3.87. The zero-order chi connectivity index (χ0) is 21.1. The van der Waals surface area contributed by atoms with Crippen LogP contribution < -0.4 is 5.32 Å². The van der Waals surface area contributed by atoms with Crippen molar-refractivity contribution in [1.82, 2.24) is 4.90 Å². The fourth-order valence-electron chi connectivity index (χ4n) is 3.47. The number of furan rings is 1. The first-order valence-electron chi connectivity index (χ1n) is 9.59. The van der Waals surface area contributed by atoms with Crippen LogP contribution in [0.5, 0.6) is 0 Å². The quantitative estimate of drug-likeness (QED) is 0.696. The van der Waals surface area contributed by atoms with Crippen LogP contribution in [0.2, 0.25) is 0 Å². The molecule has 3 aromatic rings. The van der Waals surface area contributed by atoms with Gasteiger partial charge in [0.25, 0.3) is 5.91 Å². The van der Waals surface area contributed by atoms with Gasteiger partial charge in [0, 0.05) is 49.0 Å². The number of methoxy groups -OCH3 is 1. The number of nitrogens with zero attached hydrogens (tertiary/aromatic N) is 1. The fraction of sp³-hybridized carbons (Fsp3) is 0.217. The molecule has 0 bridgehead atoms. The lowest BCUT2D eigenvalue weighted by Gasteiger charge is -2.26. The van der Waals surface area contributed by atoms with Gasteiger partial charge in [-0.1, -0.05) is 0 Å². The second-order valence-electron chi connectivity index (χ2n) is 7.10. The monoisotopic (exact) mass is 408 g/mol. The van der Waals surface area contributed by atoms with Crippen LogP contribution in [0.25, 0.3) is 11.3 Å². The standard InChI is InChI=1S/C23H21FN2O4/c1-29-14-22(27)25-19-8-4-15(5-9-19)21-12-17-13-26(11-10-20(17)30-21)23(28)16-2-6-18(24)7-3-16/h2-9,12H,10-11,13-14H2,1H3,(H,25,27). The van der Waals surface area contributed by atoms with E-state index in [1.165, 1.54) is 31.4 Å². The first-order chi connectivity index (χ1) is 14.5. The highest BCUT2D eigenvalue weighted by Gasteiger charge is 2.25. The van der Waals surface area contributed by atoms with Crippen molar-refractivity contribution in [3.63, 3.8) is 0 Å². The number of amides is 2. The van der Waals surface area contributed by atoms with E-state index >= 15 is 0 Å². The molecule has 4 rings (SSSR count). The highest BCUT2D eigenvalue weighted by atomic mass is 19.1. The Kier molecular flexibility index (Phi) is 5.63. The lowest BCUT2D eigenvalue weighted by atomic mass is 10.1. The van der Waals surface area contributed by atoms with E-state index in [0.29, 0.717) is 36.5 Å². The lowest BCUT2D eigenvalue weighted by Crippen LogP contribution is -2.35. The molecule has 0 radical (unpaired) electrons. The van der Waals surface area contributed by atoms with Crippen LogP contribution in [0.1, 0.15) is 21.7 Å². The fourth-order valence-corrected chi connectivity index (χ4v) is 3.47. The molecule has 2 heterocycles. The smallest absolute Gasteiger partial charge is 0.254 e. The molecule has 0 fully saturated rings. The molecule has 6 nitrogen and oxygen atoms in total. The normalized spacial score (nSPS) is 13.1. The minimum absolute atomic E-state index is 0.000201. The van der Waals surface area contributed by atoms with E-state index < -0.39 is 0 Å². The molecule has 154 valence electrons. The van der Waals surface area contributed by atoms with Gasteiger partial charge in [-0.15, -0.1) is 0 Å². The molecule has 0 saturated carbocycles. The Morgan fingerprint density at radius 1 is 1.13 bits per heavy atom. The molecule has 2 amide bonds.